The van der Waals surface area contributed by atoms with Gasteiger partial charge in [-0.2, -0.15) is 11.8 Å². The van der Waals surface area contributed by atoms with Crippen molar-refractivity contribution in [1.29, 1.82) is 0 Å². The highest BCUT2D eigenvalue weighted by Crippen LogP contribution is 2.22. The molecule has 0 aliphatic carbocycles. The van der Waals surface area contributed by atoms with E-state index in [1.807, 2.05) is 49.0 Å². The molecule has 2 aromatic rings. The molecule has 1 saturated heterocycles. The lowest BCUT2D eigenvalue weighted by Crippen LogP contribution is -2.46. The number of hydrogen-bond acceptors (Lipinski definition) is 4. The number of carbonyl (C=O) groups is 1. The predicted octanol–water partition coefficient (Wildman–Crippen LogP) is 2.19. The highest BCUT2D eigenvalue weighted by atomic mass is 32.2. The molecule has 20 heavy (non-hydrogen) atoms. The van der Waals surface area contributed by atoms with Gasteiger partial charge in [-0.25, -0.2) is 0 Å². The van der Waals surface area contributed by atoms with Crippen LogP contribution in [0.1, 0.15) is 5.69 Å². The molecule has 1 unspecified atom stereocenters. The number of fused-ring (bicyclic) bond motifs is 1. The van der Waals surface area contributed by atoms with Gasteiger partial charge in [0.2, 0.25) is 5.91 Å². The lowest BCUT2D eigenvalue weighted by Gasteiger charge is -2.22. The van der Waals surface area contributed by atoms with Crippen LogP contribution in [0.4, 0.5) is 5.69 Å². The van der Waals surface area contributed by atoms with Crippen LogP contribution in [0.3, 0.4) is 0 Å². The van der Waals surface area contributed by atoms with Gasteiger partial charge in [0.05, 0.1) is 17.2 Å². The number of nitrogens with one attached hydrogen (secondary N) is 2. The van der Waals surface area contributed by atoms with Crippen molar-refractivity contribution < 1.29 is 4.79 Å². The molecule has 2 heterocycles. The molecule has 1 fully saturated rings. The quantitative estimate of drug-likeness (QED) is 0.889. The molecule has 0 spiro atoms. The number of aromatic nitrogens is 1. The van der Waals surface area contributed by atoms with E-state index in [-0.39, 0.29) is 11.9 Å². The molecule has 4 nitrogen and oxygen atoms in total. The van der Waals surface area contributed by atoms with Crippen LogP contribution in [0.2, 0.25) is 0 Å². The second kappa shape index (κ2) is 5.81. The summed E-state index contributed by atoms with van der Waals surface area (Å²) < 4.78 is 0. The zero-order valence-electron chi connectivity index (χ0n) is 11.3. The first kappa shape index (κ1) is 13.4. The number of pyridine rings is 1. The number of benzene rings is 1. The number of aryl methyl sites for hydroxylation is 1. The number of para-hydroxylation sites is 1. The Kier molecular flexibility index (Phi) is 3.89. The van der Waals surface area contributed by atoms with E-state index in [4.69, 9.17) is 0 Å². The number of thioether (sulfide) groups is 1. The van der Waals surface area contributed by atoms with Crippen molar-refractivity contribution in [1.82, 2.24) is 10.3 Å². The molecule has 0 bridgehead atoms. The molecule has 1 aliphatic rings. The summed E-state index contributed by atoms with van der Waals surface area (Å²) in [4.78, 5) is 16.8. The summed E-state index contributed by atoms with van der Waals surface area (Å²) in [7, 11) is 0. The Morgan fingerprint density at radius 1 is 1.40 bits per heavy atom. The van der Waals surface area contributed by atoms with Crippen molar-refractivity contribution in [3.8, 4) is 0 Å². The fourth-order valence-corrected chi connectivity index (χ4v) is 3.23. The van der Waals surface area contributed by atoms with Crippen LogP contribution in [0.15, 0.2) is 30.3 Å². The van der Waals surface area contributed by atoms with Crippen LogP contribution in [-0.2, 0) is 4.79 Å². The van der Waals surface area contributed by atoms with Crippen molar-refractivity contribution in [2.45, 2.75) is 13.0 Å². The van der Waals surface area contributed by atoms with Crippen LogP contribution >= 0.6 is 11.8 Å². The third-order valence-electron chi connectivity index (χ3n) is 3.36. The Labute approximate surface area is 122 Å². The fraction of sp³-hybridized carbons (Fsp3) is 0.333. The molecule has 0 radical (unpaired) electrons. The van der Waals surface area contributed by atoms with Crippen LogP contribution in [0.25, 0.3) is 10.9 Å². The maximum atomic E-state index is 12.3. The van der Waals surface area contributed by atoms with E-state index in [1.54, 1.807) is 0 Å². The summed E-state index contributed by atoms with van der Waals surface area (Å²) in [5.41, 5.74) is 2.59. The monoisotopic (exact) mass is 287 g/mol. The number of carbonyl (C=O) groups excluding carboxylic acids is 1. The minimum atomic E-state index is -0.117. The van der Waals surface area contributed by atoms with E-state index in [0.717, 1.165) is 40.3 Å². The highest BCUT2D eigenvalue weighted by Gasteiger charge is 2.21. The molecular formula is C15H17N3OS. The molecule has 1 aliphatic heterocycles. The zero-order valence-corrected chi connectivity index (χ0v) is 12.2. The van der Waals surface area contributed by atoms with E-state index in [9.17, 15) is 4.79 Å². The summed E-state index contributed by atoms with van der Waals surface area (Å²) >= 11 is 1.81. The molecule has 104 valence electrons. The van der Waals surface area contributed by atoms with Gasteiger partial charge in [0.1, 0.15) is 0 Å². The average Bonchev–Trinajstić information content (AvgIpc) is 2.49. The van der Waals surface area contributed by atoms with Crippen molar-refractivity contribution in [3.63, 3.8) is 0 Å². The molecule has 1 amide bonds. The second-order valence-electron chi connectivity index (χ2n) is 4.90. The van der Waals surface area contributed by atoms with Crippen LogP contribution < -0.4 is 10.6 Å². The van der Waals surface area contributed by atoms with E-state index in [1.165, 1.54) is 0 Å². The van der Waals surface area contributed by atoms with E-state index < -0.39 is 0 Å². The van der Waals surface area contributed by atoms with Crippen molar-refractivity contribution >= 4 is 34.3 Å². The van der Waals surface area contributed by atoms with Gasteiger partial charge in [-0.3, -0.25) is 9.78 Å². The zero-order chi connectivity index (χ0) is 13.9. The molecule has 1 atom stereocenters. The lowest BCUT2D eigenvalue weighted by molar-refractivity contribution is -0.117. The van der Waals surface area contributed by atoms with Gasteiger partial charge in [-0.1, -0.05) is 18.2 Å². The highest BCUT2D eigenvalue weighted by molar-refractivity contribution is 7.99. The van der Waals surface area contributed by atoms with E-state index >= 15 is 0 Å². The normalized spacial score (nSPS) is 18.9. The summed E-state index contributed by atoms with van der Waals surface area (Å²) in [6.45, 7) is 2.84. The molecule has 2 N–H and O–H groups in total. The maximum absolute atomic E-state index is 12.3. The molecule has 3 rings (SSSR count). The lowest BCUT2D eigenvalue weighted by atomic mass is 10.1. The minimum Gasteiger partial charge on any atom is -0.323 e. The SMILES string of the molecule is Cc1ccc2cccc(NC(=O)C3CSCCN3)c2n1. The third-order valence-corrected chi connectivity index (χ3v) is 4.42. The Bertz CT molecular complexity index is 638. The second-order valence-corrected chi connectivity index (χ2v) is 6.05. The number of amides is 1. The number of nitrogens with zero attached hydrogens (tertiary/aromatic N) is 1. The van der Waals surface area contributed by atoms with Crippen molar-refractivity contribution in [2.75, 3.05) is 23.4 Å². The Hall–Kier alpha value is -1.59. The molecular weight excluding hydrogens is 270 g/mol. The molecule has 5 heteroatoms. The van der Waals surface area contributed by atoms with Crippen LogP contribution in [-0.4, -0.2) is 35.0 Å². The van der Waals surface area contributed by atoms with Gasteiger partial charge in [-0.05, 0) is 19.1 Å². The number of rotatable bonds is 2. The first-order chi connectivity index (χ1) is 9.74. The molecule has 1 aromatic heterocycles. The first-order valence-corrected chi connectivity index (χ1v) is 7.88. The van der Waals surface area contributed by atoms with Gasteiger partial charge in [-0.15, -0.1) is 0 Å². The topological polar surface area (TPSA) is 54.0 Å². The smallest absolute Gasteiger partial charge is 0.242 e. The van der Waals surface area contributed by atoms with E-state index in [2.05, 4.69) is 15.6 Å². The summed E-state index contributed by atoms with van der Waals surface area (Å²) in [5, 5.41) is 7.29. The first-order valence-electron chi connectivity index (χ1n) is 6.72. The minimum absolute atomic E-state index is 0.0213. The van der Waals surface area contributed by atoms with Crippen molar-refractivity contribution in [3.05, 3.63) is 36.0 Å². The maximum Gasteiger partial charge on any atom is 0.242 e. The standard InChI is InChI=1S/C15H17N3OS/c1-10-5-6-11-3-2-4-12(14(11)17-10)18-15(19)13-9-20-8-7-16-13/h2-6,13,16H,7-9H2,1H3,(H,18,19). The number of anilines is 1. The summed E-state index contributed by atoms with van der Waals surface area (Å²) in [6, 6.07) is 9.75. The fourth-order valence-electron chi connectivity index (χ4n) is 2.30. The van der Waals surface area contributed by atoms with Gasteiger partial charge in [0, 0.05) is 29.1 Å². The van der Waals surface area contributed by atoms with Crippen LogP contribution in [0, 0.1) is 6.92 Å². The summed E-state index contributed by atoms with van der Waals surface area (Å²) in [5.74, 6) is 1.91. The Morgan fingerprint density at radius 3 is 3.10 bits per heavy atom. The van der Waals surface area contributed by atoms with Gasteiger partial charge < -0.3 is 10.6 Å². The Morgan fingerprint density at radius 2 is 2.30 bits per heavy atom. The van der Waals surface area contributed by atoms with Crippen LogP contribution in [0.5, 0.6) is 0 Å². The Balaban J connectivity index is 1.86. The van der Waals surface area contributed by atoms with E-state index in [0.29, 0.717) is 0 Å². The largest absolute Gasteiger partial charge is 0.323 e. The molecule has 0 saturated carbocycles. The third kappa shape index (κ3) is 2.78. The van der Waals surface area contributed by atoms with Gasteiger partial charge in [0.25, 0.3) is 0 Å². The van der Waals surface area contributed by atoms with Crippen molar-refractivity contribution in [2.24, 2.45) is 0 Å². The predicted molar refractivity (Wildman–Crippen MR) is 84.2 cm³/mol. The summed E-state index contributed by atoms with van der Waals surface area (Å²) in [6.07, 6.45) is 0. The average molecular weight is 287 g/mol. The number of hydrogen-bond donors (Lipinski definition) is 2. The van der Waals surface area contributed by atoms with Gasteiger partial charge >= 0.3 is 0 Å². The van der Waals surface area contributed by atoms with Gasteiger partial charge in [0.15, 0.2) is 0 Å². The molecule has 1 aromatic carbocycles.